The van der Waals surface area contributed by atoms with Gasteiger partial charge in [0.25, 0.3) is 0 Å². The fourth-order valence-electron chi connectivity index (χ4n) is 1.11. The van der Waals surface area contributed by atoms with Crippen molar-refractivity contribution in [2.75, 3.05) is 0 Å². The molecule has 0 bridgehead atoms. The summed E-state index contributed by atoms with van der Waals surface area (Å²) >= 11 is 9.09. The predicted molar refractivity (Wildman–Crippen MR) is 56.3 cm³/mol. The molecule has 0 atom stereocenters. The first-order valence-electron chi connectivity index (χ1n) is 3.97. The number of aromatic nitrogens is 2. The van der Waals surface area contributed by atoms with E-state index >= 15 is 0 Å². The molecule has 5 heteroatoms. The van der Waals surface area contributed by atoms with Crippen molar-refractivity contribution >= 4 is 27.5 Å². The van der Waals surface area contributed by atoms with Gasteiger partial charge in [-0.2, -0.15) is 4.98 Å². The molecule has 0 aliphatic carbocycles. The van der Waals surface area contributed by atoms with E-state index in [9.17, 15) is 0 Å². The molecular weight excluding hydrogens is 267 g/mol. The third-order valence-electron chi connectivity index (χ3n) is 1.74. The zero-order chi connectivity index (χ0) is 9.97. The van der Waals surface area contributed by atoms with Crippen molar-refractivity contribution in [1.29, 1.82) is 0 Å². The summed E-state index contributed by atoms with van der Waals surface area (Å²) < 4.78 is 5.41. The van der Waals surface area contributed by atoms with Gasteiger partial charge in [-0.1, -0.05) is 29.8 Å². The quantitative estimate of drug-likeness (QED) is 0.844. The van der Waals surface area contributed by atoms with Gasteiger partial charge in [0.2, 0.25) is 10.6 Å². The van der Waals surface area contributed by atoms with Crippen molar-refractivity contribution in [2.24, 2.45) is 0 Å². The highest BCUT2D eigenvalue weighted by molar-refractivity contribution is 9.10. The Hall–Kier alpha value is -0.870. The Balaban J connectivity index is 2.23. The SMILES string of the molecule is Clc1ccccc1Cc1nc(Br)no1. The summed E-state index contributed by atoms with van der Waals surface area (Å²) in [7, 11) is 0. The van der Waals surface area contributed by atoms with Crippen LogP contribution in [-0.4, -0.2) is 10.1 Å². The van der Waals surface area contributed by atoms with Crippen LogP contribution < -0.4 is 0 Å². The monoisotopic (exact) mass is 272 g/mol. The van der Waals surface area contributed by atoms with Crippen LogP contribution in [0.4, 0.5) is 0 Å². The van der Waals surface area contributed by atoms with Gasteiger partial charge in [-0.05, 0) is 32.7 Å². The molecule has 0 saturated carbocycles. The molecule has 0 N–H and O–H groups in total. The second-order valence-corrected chi connectivity index (χ2v) is 3.84. The van der Waals surface area contributed by atoms with E-state index in [0.29, 0.717) is 22.1 Å². The number of rotatable bonds is 2. The van der Waals surface area contributed by atoms with Gasteiger partial charge in [-0.15, -0.1) is 0 Å². The number of hydrogen-bond acceptors (Lipinski definition) is 3. The van der Waals surface area contributed by atoms with Gasteiger partial charge in [0, 0.05) is 5.02 Å². The maximum Gasteiger partial charge on any atom is 0.238 e. The highest BCUT2D eigenvalue weighted by atomic mass is 79.9. The summed E-state index contributed by atoms with van der Waals surface area (Å²) in [5, 5.41) is 4.34. The lowest BCUT2D eigenvalue weighted by Crippen LogP contribution is -1.88. The Bertz CT molecular complexity index is 444. The Morgan fingerprint density at radius 1 is 1.36 bits per heavy atom. The Labute approximate surface area is 94.2 Å². The van der Waals surface area contributed by atoms with Crippen LogP contribution in [0, 0.1) is 0 Å². The van der Waals surface area contributed by atoms with Gasteiger partial charge in [0.05, 0.1) is 6.42 Å². The van der Waals surface area contributed by atoms with Crippen molar-refractivity contribution in [3.8, 4) is 0 Å². The van der Waals surface area contributed by atoms with E-state index in [0.717, 1.165) is 5.56 Å². The zero-order valence-corrected chi connectivity index (χ0v) is 9.42. The molecule has 0 amide bonds. The highest BCUT2D eigenvalue weighted by Gasteiger charge is 2.06. The molecule has 1 heterocycles. The molecule has 0 aliphatic rings. The summed E-state index contributed by atoms with van der Waals surface area (Å²) in [4.78, 5) is 4.03. The molecule has 3 nitrogen and oxygen atoms in total. The van der Waals surface area contributed by atoms with Crippen LogP contribution in [0.1, 0.15) is 11.5 Å². The average Bonchev–Trinajstić information content (AvgIpc) is 2.56. The molecule has 0 fully saturated rings. The molecular formula is C9H6BrClN2O. The van der Waals surface area contributed by atoms with Crippen LogP contribution in [0.5, 0.6) is 0 Å². The normalized spacial score (nSPS) is 10.4. The Kier molecular flexibility index (Phi) is 2.84. The van der Waals surface area contributed by atoms with Gasteiger partial charge >= 0.3 is 0 Å². The Morgan fingerprint density at radius 2 is 2.14 bits per heavy atom. The van der Waals surface area contributed by atoms with E-state index in [1.54, 1.807) is 0 Å². The highest BCUT2D eigenvalue weighted by Crippen LogP contribution is 2.18. The second-order valence-electron chi connectivity index (χ2n) is 2.73. The van der Waals surface area contributed by atoms with Crippen molar-refractivity contribution in [3.63, 3.8) is 0 Å². The third-order valence-corrected chi connectivity index (χ3v) is 2.43. The van der Waals surface area contributed by atoms with E-state index < -0.39 is 0 Å². The predicted octanol–water partition coefficient (Wildman–Crippen LogP) is 3.08. The van der Waals surface area contributed by atoms with Crippen molar-refractivity contribution in [1.82, 2.24) is 10.1 Å². The molecule has 0 unspecified atom stereocenters. The van der Waals surface area contributed by atoms with Crippen LogP contribution in [0.25, 0.3) is 0 Å². The maximum absolute atomic E-state index is 5.98. The topological polar surface area (TPSA) is 38.9 Å². The first kappa shape index (κ1) is 9.68. The summed E-state index contributed by atoms with van der Waals surface area (Å²) in [5.41, 5.74) is 0.977. The summed E-state index contributed by atoms with van der Waals surface area (Å²) in [5.74, 6) is 0.546. The van der Waals surface area contributed by atoms with Gasteiger partial charge in [0.15, 0.2) is 0 Å². The summed E-state index contributed by atoms with van der Waals surface area (Å²) in [6.07, 6.45) is 0.554. The van der Waals surface area contributed by atoms with E-state index in [1.165, 1.54) is 0 Å². The molecule has 0 aliphatic heterocycles. The molecule has 14 heavy (non-hydrogen) atoms. The fourth-order valence-corrected chi connectivity index (χ4v) is 1.58. The van der Waals surface area contributed by atoms with Crippen molar-refractivity contribution in [3.05, 3.63) is 45.5 Å². The molecule has 0 spiro atoms. The zero-order valence-electron chi connectivity index (χ0n) is 7.08. The Morgan fingerprint density at radius 3 is 2.79 bits per heavy atom. The number of hydrogen-bond donors (Lipinski definition) is 0. The molecule has 2 aromatic rings. The number of nitrogens with zero attached hydrogens (tertiary/aromatic N) is 2. The maximum atomic E-state index is 5.98. The van der Waals surface area contributed by atoms with Crippen LogP contribution in [0.2, 0.25) is 5.02 Å². The van der Waals surface area contributed by atoms with E-state index in [2.05, 4.69) is 26.1 Å². The lowest BCUT2D eigenvalue weighted by Gasteiger charge is -1.98. The first-order chi connectivity index (χ1) is 6.75. The van der Waals surface area contributed by atoms with Crippen LogP contribution >= 0.6 is 27.5 Å². The lowest BCUT2D eigenvalue weighted by molar-refractivity contribution is 0.381. The smallest absolute Gasteiger partial charge is 0.238 e. The van der Waals surface area contributed by atoms with E-state index in [-0.39, 0.29) is 0 Å². The lowest BCUT2D eigenvalue weighted by atomic mass is 10.1. The minimum atomic E-state index is 0.458. The van der Waals surface area contributed by atoms with Crippen molar-refractivity contribution in [2.45, 2.75) is 6.42 Å². The van der Waals surface area contributed by atoms with E-state index in [1.807, 2.05) is 24.3 Å². The van der Waals surface area contributed by atoms with Crippen LogP contribution in [0.15, 0.2) is 33.5 Å². The molecule has 0 saturated heterocycles. The molecule has 1 aromatic carbocycles. The first-order valence-corrected chi connectivity index (χ1v) is 5.14. The molecule has 0 radical (unpaired) electrons. The fraction of sp³-hybridized carbons (Fsp3) is 0.111. The second kappa shape index (κ2) is 4.11. The average molecular weight is 274 g/mol. The van der Waals surface area contributed by atoms with Crippen molar-refractivity contribution < 1.29 is 4.52 Å². The number of benzene rings is 1. The summed E-state index contributed by atoms with van der Waals surface area (Å²) in [6.45, 7) is 0. The van der Waals surface area contributed by atoms with Gasteiger partial charge < -0.3 is 4.52 Å². The van der Waals surface area contributed by atoms with Gasteiger partial charge in [-0.25, -0.2) is 0 Å². The van der Waals surface area contributed by atoms with Gasteiger partial charge in [-0.3, -0.25) is 0 Å². The minimum Gasteiger partial charge on any atom is -0.338 e. The largest absolute Gasteiger partial charge is 0.338 e. The summed E-state index contributed by atoms with van der Waals surface area (Å²) in [6, 6.07) is 7.57. The van der Waals surface area contributed by atoms with Crippen LogP contribution in [-0.2, 0) is 6.42 Å². The number of halogens is 2. The van der Waals surface area contributed by atoms with E-state index in [4.69, 9.17) is 16.1 Å². The van der Waals surface area contributed by atoms with Crippen LogP contribution in [0.3, 0.4) is 0 Å². The molecule has 2 rings (SSSR count). The minimum absolute atomic E-state index is 0.458. The standard InChI is InChI=1S/C9H6BrClN2O/c10-9-12-8(14-13-9)5-6-3-1-2-4-7(6)11/h1-4H,5H2. The van der Waals surface area contributed by atoms with Gasteiger partial charge in [0.1, 0.15) is 0 Å². The molecule has 72 valence electrons. The third kappa shape index (κ3) is 2.13. The molecule has 1 aromatic heterocycles.